The van der Waals surface area contributed by atoms with E-state index in [2.05, 4.69) is 26.3 Å². The topological polar surface area (TPSA) is 115 Å². The van der Waals surface area contributed by atoms with Crippen LogP contribution in [-0.4, -0.2) is 45.6 Å². The Hall–Kier alpha value is -1.92. The number of carboxylic acids is 2. The number of carbonyl (C=O) groups is 2. The third-order valence-electron chi connectivity index (χ3n) is 0.830. The predicted molar refractivity (Wildman–Crippen MR) is 70.3 cm³/mol. The molecule has 0 aliphatic rings. The van der Waals surface area contributed by atoms with Crippen molar-refractivity contribution >= 4 is 11.9 Å². The maximum atomic E-state index is 9.60. The average Bonchev–Trinajstić information content (AvgIpc) is 2.32. The molecule has 0 unspecified atom stereocenters. The van der Waals surface area contributed by atoms with Gasteiger partial charge in [0.25, 0.3) is 0 Å². The molecule has 0 aromatic rings. The van der Waals surface area contributed by atoms with Crippen LogP contribution in [0.5, 0.6) is 0 Å². The van der Waals surface area contributed by atoms with E-state index in [0.717, 1.165) is 0 Å². The molecule has 6 nitrogen and oxygen atoms in total. The summed E-state index contributed by atoms with van der Waals surface area (Å²) in [5, 5.41) is 31.0. The summed E-state index contributed by atoms with van der Waals surface area (Å²) in [6.07, 6.45) is 0. The molecular formula is C12H22O6. The second-order valence-corrected chi connectivity index (χ2v) is 2.62. The highest BCUT2D eigenvalue weighted by Gasteiger charge is 1.90. The lowest BCUT2D eigenvalue weighted by atomic mass is 10.4. The molecule has 0 amide bonds. The first-order valence-electron chi connectivity index (χ1n) is 4.70. The van der Waals surface area contributed by atoms with E-state index >= 15 is 0 Å². The van der Waals surface area contributed by atoms with Crippen LogP contribution in [0, 0.1) is 0 Å². The predicted octanol–water partition coefficient (Wildman–Crippen LogP) is 1.07. The van der Waals surface area contributed by atoms with Gasteiger partial charge in [0.15, 0.2) is 0 Å². The standard InChI is InChI=1S/2C4H6O2.C2H6O2.C2H4/c2*1-3(2)4(5)6;3-1-2-4;1-2/h2*1H2,2H3,(H,5,6);3-4H,1-2H2;1-2H2. The van der Waals surface area contributed by atoms with Crippen molar-refractivity contribution in [2.45, 2.75) is 13.8 Å². The molecule has 106 valence electrons. The second-order valence-electron chi connectivity index (χ2n) is 2.62. The minimum Gasteiger partial charge on any atom is -0.478 e. The first kappa shape index (κ1) is 25.1. The lowest BCUT2D eigenvalue weighted by Gasteiger charge is -1.79. The summed E-state index contributed by atoms with van der Waals surface area (Å²) >= 11 is 0. The van der Waals surface area contributed by atoms with Gasteiger partial charge in [0.1, 0.15) is 0 Å². The first-order chi connectivity index (χ1) is 8.20. The molecule has 6 heteroatoms. The molecule has 0 saturated carbocycles. The molecule has 0 heterocycles. The van der Waals surface area contributed by atoms with Gasteiger partial charge < -0.3 is 20.4 Å². The normalized spacial score (nSPS) is 6.89. The number of aliphatic hydroxyl groups is 2. The Morgan fingerprint density at radius 2 is 0.944 bits per heavy atom. The summed E-state index contributed by atoms with van der Waals surface area (Å²) in [7, 11) is 0. The molecule has 0 fully saturated rings. The summed E-state index contributed by atoms with van der Waals surface area (Å²) in [5.74, 6) is -1.87. The molecule has 0 radical (unpaired) electrons. The molecule has 0 aromatic carbocycles. The zero-order valence-electron chi connectivity index (χ0n) is 10.8. The van der Waals surface area contributed by atoms with E-state index in [1.807, 2.05) is 0 Å². The highest BCUT2D eigenvalue weighted by molar-refractivity contribution is 5.85. The van der Waals surface area contributed by atoms with Gasteiger partial charge in [0.2, 0.25) is 0 Å². The highest BCUT2D eigenvalue weighted by Crippen LogP contribution is 1.81. The Kier molecular flexibility index (Phi) is 28.5. The van der Waals surface area contributed by atoms with Gasteiger partial charge in [-0.15, -0.1) is 13.2 Å². The molecule has 0 aromatic heterocycles. The van der Waals surface area contributed by atoms with Crippen molar-refractivity contribution in [3.8, 4) is 0 Å². The Bertz CT molecular complexity index is 207. The van der Waals surface area contributed by atoms with Crippen LogP contribution >= 0.6 is 0 Å². The van der Waals surface area contributed by atoms with Gasteiger partial charge in [-0.25, -0.2) is 9.59 Å². The van der Waals surface area contributed by atoms with Gasteiger partial charge in [0.05, 0.1) is 13.2 Å². The average molecular weight is 262 g/mol. The van der Waals surface area contributed by atoms with Crippen LogP contribution in [-0.2, 0) is 9.59 Å². The van der Waals surface area contributed by atoms with Crippen molar-refractivity contribution in [3.63, 3.8) is 0 Å². The number of aliphatic hydroxyl groups excluding tert-OH is 2. The van der Waals surface area contributed by atoms with Crippen LogP contribution < -0.4 is 0 Å². The fourth-order valence-corrected chi connectivity index (χ4v) is 0. The summed E-state index contributed by atoms with van der Waals surface area (Å²) in [5.41, 5.74) is 0.352. The zero-order valence-corrected chi connectivity index (χ0v) is 10.8. The molecule has 4 N–H and O–H groups in total. The van der Waals surface area contributed by atoms with Gasteiger partial charge in [-0.2, -0.15) is 0 Å². The maximum absolute atomic E-state index is 9.60. The highest BCUT2D eigenvalue weighted by atomic mass is 16.4. The SMILES string of the molecule is C=C.C=C(C)C(=O)O.C=C(C)C(=O)O.OCCO. The van der Waals surface area contributed by atoms with Crippen molar-refractivity contribution in [1.82, 2.24) is 0 Å². The van der Waals surface area contributed by atoms with Crippen LogP contribution in [0.2, 0.25) is 0 Å². The van der Waals surface area contributed by atoms with Crippen molar-refractivity contribution in [2.75, 3.05) is 13.2 Å². The van der Waals surface area contributed by atoms with Crippen LogP contribution in [0.4, 0.5) is 0 Å². The minimum absolute atomic E-state index is 0.125. The number of rotatable bonds is 3. The van der Waals surface area contributed by atoms with Crippen molar-refractivity contribution < 1.29 is 30.0 Å². The molecule has 0 saturated heterocycles. The summed E-state index contributed by atoms with van der Waals surface area (Å²) < 4.78 is 0. The monoisotopic (exact) mass is 262 g/mol. The number of carboxylic acid groups (broad SMARTS) is 2. The lowest BCUT2D eigenvalue weighted by Crippen LogP contribution is -1.92. The zero-order chi connectivity index (χ0) is 15.7. The van der Waals surface area contributed by atoms with E-state index in [9.17, 15) is 9.59 Å². The van der Waals surface area contributed by atoms with E-state index in [1.54, 1.807) is 0 Å². The quantitative estimate of drug-likeness (QED) is 0.446. The summed E-state index contributed by atoms with van der Waals surface area (Å²) in [6.45, 7) is 15.0. The Morgan fingerprint density at radius 3 is 0.944 bits per heavy atom. The molecule has 0 bridgehead atoms. The van der Waals surface area contributed by atoms with E-state index in [1.165, 1.54) is 13.8 Å². The van der Waals surface area contributed by atoms with E-state index in [4.69, 9.17) is 20.4 Å². The number of hydrogen-bond donors (Lipinski definition) is 4. The van der Waals surface area contributed by atoms with Gasteiger partial charge in [-0.1, -0.05) is 13.2 Å². The van der Waals surface area contributed by atoms with Crippen LogP contribution in [0.25, 0.3) is 0 Å². The fourth-order valence-electron chi connectivity index (χ4n) is 0. The molecule has 0 rings (SSSR count). The lowest BCUT2D eigenvalue weighted by molar-refractivity contribution is -0.133. The van der Waals surface area contributed by atoms with Gasteiger partial charge >= 0.3 is 11.9 Å². The maximum Gasteiger partial charge on any atom is 0.330 e. The summed E-state index contributed by atoms with van der Waals surface area (Å²) in [4.78, 5) is 19.2. The van der Waals surface area contributed by atoms with E-state index in [-0.39, 0.29) is 24.4 Å². The van der Waals surface area contributed by atoms with Gasteiger partial charge in [-0.3, -0.25) is 0 Å². The van der Waals surface area contributed by atoms with Crippen molar-refractivity contribution in [2.24, 2.45) is 0 Å². The van der Waals surface area contributed by atoms with Crippen LogP contribution in [0.1, 0.15) is 13.8 Å². The van der Waals surface area contributed by atoms with Crippen LogP contribution in [0.15, 0.2) is 37.5 Å². The fraction of sp³-hybridized carbons (Fsp3) is 0.333. The third kappa shape index (κ3) is 48.1. The van der Waals surface area contributed by atoms with Crippen molar-refractivity contribution in [3.05, 3.63) is 37.5 Å². The molecule has 0 atom stereocenters. The van der Waals surface area contributed by atoms with Gasteiger partial charge in [-0.05, 0) is 13.8 Å². The number of hydrogen-bond acceptors (Lipinski definition) is 4. The van der Waals surface area contributed by atoms with Crippen molar-refractivity contribution in [1.29, 1.82) is 0 Å². The van der Waals surface area contributed by atoms with E-state index in [0.29, 0.717) is 0 Å². The molecule has 0 spiro atoms. The minimum atomic E-state index is -0.935. The van der Waals surface area contributed by atoms with E-state index < -0.39 is 11.9 Å². The Labute approximate surface area is 107 Å². The number of aliphatic carboxylic acids is 2. The third-order valence-corrected chi connectivity index (χ3v) is 0.830. The molecule has 0 aliphatic carbocycles. The first-order valence-corrected chi connectivity index (χ1v) is 4.70. The summed E-state index contributed by atoms with van der Waals surface area (Å²) in [6, 6.07) is 0. The Morgan fingerprint density at radius 1 is 0.833 bits per heavy atom. The Balaban J connectivity index is -0.0000000777. The molecule has 18 heavy (non-hydrogen) atoms. The van der Waals surface area contributed by atoms with Crippen LogP contribution in [0.3, 0.4) is 0 Å². The second kappa shape index (κ2) is 20.5. The largest absolute Gasteiger partial charge is 0.478 e. The smallest absolute Gasteiger partial charge is 0.330 e. The molecule has 0 aliphatic heterocycles. The van der Waals surface area contributed by atoms with Gasteiger partial charge in [0, 0.05) is 11.1 Å². The molecular weight excluding hydrogens is 240 g/mol.